The van der Waals surface area contributed by atoms with Crippen LogP contribution in [0.2, 0.25) is 0 Å². The average molecular weight is 567 g/mol. The van der Waals surface area contributed by atoms with Crippen molar-refractivity contribution in [3.05, 3.63) is 29.8 Å². The lowest BCUT2D eigenvalue weighted by molar-refractivity contribution is 0.346. The first-order valence-electron chi connectivity index (χ1n) is 10.7. The summed E-state index contributed by atoms with van der Waals surface area (Å²) in [6, 6.07) is 7.67. The highest BCUT2D eigenvalue weighted by molar-refractivity contribution is 14.0. The van der Waals surface area contributed by atoms with Gasteiger partial charge in [0.1, 0.15) is 0 Å². The van der Waals surface area contributed by atoms with Gasteiger partial charge in [0.05, 0.1) is 11.4 Å². The molecule has 2 unspecified atom stereocenters. The topological polar surface area (TPSA) is 73.8 Å². The van der Waals surface area contributed by atoms with Crippen molar-refractivity contribution in [3.8, 4) is 0 Å². The second kappa shape index (κ2) is 12.5. The molecule has 30 heavy (non-hydrogen) atoms. The SMILES string of the molecule is CCNC(=NCc1ccc(S(=O)(=O)N2CCCCC2)cc1)NC1CCC(SC)C1.I. The van der Waals surface area contributed by atoms with E-state index in [9.17, 15) is 8.42 Å². The Morgan fingerprint density at radius 2 is 1.87 bits per heavy atom. The van der Waals surface area contributed by atoms with E-state index in [0.717, 1.165) is 42.6 Å². The Morgan fingerprint density at radius 1 is 1.17 bits per heavy atom. The molecule has 1 aliphatic heterocycles. The quantitative estimate of drug-likeness (QED) is 0.298. The highest BCUT2D eigenvalue weighted by atomic mass is 127. The Bertz CT molecular complexity index is 781. The average Bonchev–Trinajstić information content (AvgIpc) is 3.21. The summed E-state index contributed by atoms with van der Waals surface area (Å²) < 4.78 is 27.2. The molecule has 1 aliphatic carbocycles. The van der Waals surface area contributed by atoms with Gasteiger partial charge in [0.15, 0.2) is 5.96 Å². The standard InChI is InChI=1S/C21H34N4O2S2.HI/c1-3-22-21(24-18-9-10-19(15-18)28-2)23-16-17-7-11-20(12-8-17)29(26,27)25-13-5-4-6-14-25;/h7-8,11-12,18-19H,3-6,9-10,13-16H2,1-2H3,(H2,22,23,24);1H. The van der Waals surface area contributed by atoms with Gasteiger partial charge in [-0.15, -0.1) is 24.0 Å². The summed E-state index contributed by atoms with van der Waals surface area (Å²) in [6.07, 6.45) is 8.81. The van der Waals surface area contributed by atoms with Gasteiger partial charge in [-0.3, -0.25) is 0 Å². The van der Waals surface area contributed by atoms with Crippen LogP contribution in [-0.2, 0) is 16.6 Å². The molecule has 2 aliphatic rings. The Balaban J connectivity index is 0.00000320. The maximum Gasteiger partial charge on any atom is 0.243 e. The normalized spacial score (nSPS) is 23.1. The number of nitrogens with zero attached hydrogens (tertiary/aromatic N) is 2. The molecular weight excluding hydrogens is 531 g/mol. The summed E-state index contributed by atoms with van der Waals surface area (Å²) in [5.41, 5.74) is 1.01. The Labute approximate surface area is 203 Å². The van der Waals surface area contributed by atoms with Crippen molar-refractivity contribution in [3.63, 3.8) is 0 Å². The monoisotopic (exact) mass is 566 g/mol. The molecule has 170 valence electrons. The van der Waals surface area contributed by atoms with Gasteiger partial charge in [-0.2, -0.15) is 16.1 Å². The van der Waals surface area contributed by atoms with Crippen LogP contribution in [0.3, 0.4) is 0 Å². The number of nitrogens with one attached hydrogen (secondary N) is 2. The Hall–Kier alpha value is -0.520. The van der Waals surface area contributed by atoms with Crippen LogP contribution in [0.5, 0.6) is 0 Å². The van der Waals surface area contributed by atoms with Gasteiger partial charge in [0, 0.05) is 30.9 Å². The number of hydrogen-bond donors (Lipinski definition) is 2. The number of thioether (sulfide) groups is 1. The second-order valence-electron chi connectivity index (χ2n) is 7.82. The summed E-state index contributed by atoms with van der Waals surface area (Å²) in [5.74, 6) is 0.837. The molecule has 1 saturated carbocycles. The molecular formula is C21H35IN4O2S2. The Morgan fingerprint density at radius 3 is 2.47 bits per heavy atom. The first kappa shape index (κ1) is 25.7. The lowest BCUT2D eigenvalue weighted by Gasteiger charge is -2.25. The molecule has 2 N–H and O–H groups in total. The molecule has 0 radical (unpaired) electrons. The van der Waals surface area contributed by atoms with Crippen LogP contribution >= 0.6 is 35.7 Å². The van der Waals surface area contributed by atoms with E-state index in [1.807, 2.05) is 23.9 Å². The lowest BCUT2D eigenvalue weighted by atomic mass is 10.2. The number of sulfonamides is 1. The van der Waals surface area contributed by atoms with E-state index in [1.165, 1.54) is 19.3 Å². The number of hydrogen-bond acceptors (Lipinski definition) is 4. The number of halogens is 1. The third-order valence-corrected chi connectivity index (χ3v) is 8.71. The fourth-order valence-electron chi connectivity index (χ4n) is 3.99. The molecule has 1 aromatic rings. The van der Waals surface area contributed by atoms with Crippen molar-refractivity contribution in [2.75, 3.05) is 25.9 Å². The van der Waals surface area contributed by atoms with Crippen LogP contribution in [0.25, 0.3) is 0 Å². The van der Waals surface area contributed by atoms with Gasteiger partial charge < -0.3 is 10.6 Å². The second-order valence-corrected chi connectivity index (χ2v) is 10.9. The minimum Gasteiger partial charge on any atom is -0.357 e. The third kappa shape index (κ3) is 7.00. The molecule has 3 rings (SSSR count). The first-order chi connectivity index (χ1) is 14.0. The molecule has 1 saturated heterocycles. The molecule has 1 heterocycles. The molecule has 0 bridgehead atoms. The van der Waals surface area contributed by atoms with E-state index in [-0.39, 0.29) is 24.0 Å². The molecule has 6 nitrogen and oxygen atoms in total. The zero-order valence-electron chi connectivity index (χ0n) is 18.0. The fourth-order valence-corrected chi connectivity index (χ4v) is 6.30. The molecule has 0 aromatic heterocycles. The molecule has 2 atom stereocenters. The number of piperidine rings is 1. The van der Waals surface area contributed by atoms with Crippen molar-refractivity contribution in [2.45, 2.75) is 68.2 Å². The largest absolute Gasteiger partial charge is 0.357 e. The number of benzene rings is 1. The maximum absolute atomic E-state index is 12.8. The van der Waals surface area contributed by atoms with Crippen molar-refractivity contribution in [2.24, 2.45) is 4.99 Å². The van der Waals surface area contributed by atoms with Crippen LogP contribution < -0.4 is 10.6 Å². The van der Waals surface area contributed by atoms with Gasteiger partial charge in [0.2, 0.25) is 10.0 Å². The van der Waals surface area contributed by atoms with Gasteiger partial charge in [0.25, 0.3) is 0 Å². The maximum atomic E-state index is 12.8. The summed E-state index contributed by atoms with van der Waals surface area (Å²) in [6.45, 7) is 4.67. The van der Waals surface area contributed by atoms with Crippen molar-refractivity contribution < 1.29 is 8.42 Å². The molecule has 2 fully saturated rings. The van der Waals surface area contributed by atoms with E-state index in [1.54, 1.807) is 16.4 Å². The fraction of sp³-hybridized carbons (Fsp3) is 0.667. The van der Waals surface area contributed by atoms with Crippen LogP contribution in [0.1, 0.15) is 51.0 Å². The van der Waals surface area contributed by atoms with E-state index in [2.05, 4.69) is 23.8 Å². The van der Waals surface area contributed by atoms with Gasteiger partial charge >= 0.3 is 0 Å². The zero-order chi connectivity index (χ0) is 20.7. The molecule has 9 heteroatoms. The van der Waals surface area contributed by atoms with Crippen molar-refractivity contribution >= 4 is 51.7 Å². The van der Waals surface area contributed by atoms with Crippen LogP contribution in [-0.4, -0.2) is 55.9 Å². The highest BCUT2D eigenvalue weighted by Gasteiger charge is 2.26. The molecule has 0 amide bonds. The van der Waals surface area contributed by atoms with Crippen molar-refractivity contribution in [1.82, 2.24) is 14.9 Å². The minimum absolute atomic E-state index is 0. The highest BCUT2D eigenvalue weighted by Crippen LogP contribution is 2.28. The molecule has 0 spiro atoms. The summed E-state index contributed by atoms with van der Waals surface area (Å²) >= 11 is 1.95. The summed E-state index contributed by atoms with van der Waals surface area (Å²) in [7, 11) is -3.37. The van der Waals surface area contributed by atoms with E-state index in [4.69, 9.17) is 4.99 Å². The zero-order valence-corrected chi connectivity index (χ0v) is 21.9. The first-order valence-corrected chi connectivity index (χ1v) is 13.4. The number of guanidine groups is 1. The third-order valence-electron chi connectivity index (χ3n) is 5.70. The number of rotatable bonds is 7. The predicted molar refractivity (Wildman–Crippen MR) is 137 cm³/mol. The van der Waals surface area contributed by atoms with Gasteiger partial charge in [-0.25, -0.2) is 13.4 Å². The smallest absolute Gasteiger partial charge is 0.243 e. The number of aliphatic imine (C=N–C) groups is 1. The van der Waals surface area contributed by atoms with E-state index >= 15 is 0 Å². The summed E-state index contributed by atoms with van der Waals surface area (Å²) in [5, 5.41) is 7.61. The Kier molecular flexibility index (Phi) is 10.7. The lowest BCUT2D eigenvalue weighted by Crippen LogP contribution is -2.42. The molecule has 1 aromatic carbocycles. The van der Waals surface area contributed by atoms with E-state index < -0.39 is 10.0 Å². The summed E-state index contributed by atoms with van der Waals surface area (Å²) in [4.78, 5) is 5.09. The van der Waals surface area contributed by atoms with E-state index in [0.29, 0.717) is 30.6 Å². The van der Waals surface area contributed by atoms with Crippen molar-refractivity contribution in [1.29, 1.82) is 0 Å². The minimum atomic E-state index is -3.37. The van der Waals surface area contributed by atoms with Crippen LogP contribution in [0.4, 0.5) is 0 Å². The predicted octanol–water partition coefficient (Wildman–Crippen LogP) is 3.82. The van der Waals surface area contributed by atoms with Crippen LogP contribution in [0.15, 0.2) is 34.2 Å². The van der Waals surface area contributed by atoms with Gasteiger partial charge in [-0.05, 0) is 63.0 Å². The van der Waals surface area contributed by atoms with Gasteiger partial charge in [-0.1, -0.05) is 18.6 Å². The van der Waals surface area contributed by atoms with Crippen LogP contribution in [0, 0.1) is 0 Å².